The van der Waals surface area contributed by atoms with Crippen molar-refractivity contribution in [3.63, 3.8) is 0 Å². The van der Waals surface area contributed by atoms with E-state index in [2.05, 4.69) is 25.3 Å². The summed E-state index contributed by atoms with van der Waals surface area (Å²) in [6, 6.07) is 0. The molecule has 0 aromatic carbocycles. The minimum Gasteiger partial charge on any atom is -0.466 e. The molecule has 0 bridgehead atoms. The summed E-state index contributed by atoms with van der Waals surface area (Å²) in [5.41, 5.74) is 0. The highest BCUT2D eigenvalue weighted by atomic mass is 16.5. The second-order valence-corrected chi connectivity index (χ2v) is 5.83. The van der Waals surface area contributed by atoms with Crippen LogP contribution in [0.15, 0.2) is 9.52 Å². The van der Waals surface area contributed by atoms with Crippen molar-refractivity contribution < 1.29 is 14.1 Å². The summed E-state index contributed by atoms with van der Waals surface area (Å²) in [6.45, 7) is 6.51. The van der Waals surface area contributed by atoms with Gasteiger partial charge in [-0.2, -0.15) is 4.98 Å². The quantitative estimate of drug-likeness (QED) is 0.360. The Morgan fingerprint density at radius 3 is 2.79 bits per heavy atom. The highest BCUT2D eigenvalue weighted by Gasteiger charge is 2.27. The van der Waals surface area contributed by atoms with Gasteiger partial charge in [0, 0.05) is 33.1 Å². The lowest BCUT2D eigenvalue weighted by atomic mass is 9.97. The van der Waals surface area contributed by atoms with E-state index in [1.165, 1.54) is 0 Å². The van der Waals surface area contributed by atoms with Gasteiger partial charge in [0.2, 0.25) is 5.89 Å². The maximum absolute atomic E-state index is 11.8. The molecule has 8 nitrogen and oxygen atoms in total. The van der Waals surface area contributed by atoms with Crippen LogP contribution in [0.5, 0.6) is 0 Å². The summed E-state index contributed by atoms with van der Waals surface area (Å²) in [7, 11) is 1.78. The largest absolute Gasteiger partial charge is 0.466 e. The van der Waals surface area contributed by atoms with Crippen molar-refractivity contribution >= 4 is 11.9 Å². The molecule has 0 amide bonds. The Bertz CT molecular complexity index is 550. The number of ether oxygens (including phenoxy) is 1. The molecule has 0 atom stereocenters. The Hall–Kier alpha value is -2.12. The maximum Gasteiger partial charge on any atom is 0.309 e. The smallest absolute Gasteiger partial charge is 0.309 e. The average Bonchev–Trinajstić information content (AvgIpc) is 3.01. The summed E-state index contributed by atoms with van der Waals surface area (Å²) < 4.78 is 10.2. The predicted molar refractivity (Wildman–Crippen MR) is 89.6 cm³/mol. The van der Waals surface area contributed by atoms with Gasteiger partial charge in [0.15, 0.2) is 11.8 Å². The zero-order chi connectivity index (χ0) is 17.4. The van der Waals surface area contributed by atoms with Crippen LogP contribution in [0, 0.1) is 12.8 Å². The monoisotopic (exact) mass is 337 g/mol. The Balaban J connectivity index is 1.69. The number of piperidine rings is 1. The third-order valence-corrected chi connectivity index (χ3v) is 4.05. The van der Waals surface area contributed by atoms with Gasteiger partial charge in [-0.1, -0.05) is 5.16 Å². The molecule has 1 saturated heterocycles. The number of aliphatic imine (C=N–C) groups is 1. The standard InChI is InChI=1S/C16H27N5O3/c1-4-23-15(22)13-7-10-21(11-8-13)16(17-3)18-9-5-6-14-19-12(2)20-24-14/h13H,4-11H2,1-3H3,(H,17,18). The molecule has 1 fully saturated rings. The summed E-state index contributed by atoms with van der Waals surface area (Å²) in [5.74, 6) is 2.15. The fraction of sp³-hybridized carbons (Fsp3) is 0.750. The molecule has 2 rings (SSSR count). The lowest BCUT2D eigenvalue weighted by Gasteiger charge is -2.33. The van der Waals surface area contributed by atoms with E-state index in [-0.39, 0.29) is 11.9 Å². The second-order valence-electron chi connectivity index (χ2n) is 5.83. The fourth-order valence-electron chi connectivity index (χ4n) is 2.80. The summed E-state index contributed by atoms with van der Waals surface area (Å²) in [5, 5.41) is 7.13. The van der Waals surface area contributed by atoms with Crippen LogP contribution in [0.3, 0.4) is 0 Å². The molecule has 1 aliphatic heterocycles. The predicted octanol–water partition coefficient (Wildman–Crippen LogP) is 1.16. The number of carbonyl (C=O) groups is 1. The van der Waals surface area contributed by atoms with Crippen LogP contribution in [-0.2, 0) is 16.0 Å². The van der Waals surface area contributed by atoms with Crippen LogP contribution in [0.2, 0.25) is 0 Å². The first-order valence-corrected chi connectivity index (χ1v) is 8.55. The topological polar surface area (TPSA) is 92.8 Å². The summed E-state index contributed by atoms with van der Waals surface area (Å²) in [6.07, 6.45) is 3.25. The first-order valence-electron chi connectivity index (χ1n) is 8.55. The zero-order valence-electron chi connectivity index (χ0n) is 14.7. The molecule has 0 unspecified atom stereocenters. The number of nitrogens with zero attached hydrogens (tertiary/aromatic N) is 4. The molecule has 1 N–H and O–H groups in total. The molecule has 0 radical (unpaired) electrons. The molecule has 2 heterocycles. The molecule has 1 aliphatic rings. The van der Waals surface area contributed by atoms with Crippen LogP contribution >= 0.6 is 0 Å². The Labute approximate surface area is 142 Å². The average molecular weight is 337 g/mol. The first-order chi connectivity index (χ1) is 11.6. The summed E-state index contributed by atoms with van der Waals surface area (Å²) >= 11 is 0. The lowest BCUT2D eigenvalue weighted by Crippen LogP contribution is -2.47. The first kappa shape index (κ1) is 18.2. The van der Waals surface area contributed by atoms with E-state index in [0.29, 0.717) is 18.3 Å². The Morgan fingerprint density at radius 1 is 1.46 bits per heavy atom. The number of likely N-dealkylation sites (tertiary alicyclic amines) is 1. The van der Waals surface area contributed by atoms with E-state index >= 15 is 0 Å². The van der Waals surface area contributed by atoms with Crippen molar-refractivity contribution in [1.82, 2.24) is 20.4 Å². The number of aryl methyl sites for hydroxylation is 2. The number of nitrogens with one attached hydrogen (secondary N) is 1. The number of esters is 1. The summed E-state index contributed by atoms with van der Waals surface area (Å²) in [4.78, 5) is 22.5. The molecular formula is C16H27N5O3. The molecule has 134 valence electrons. The van der Waals surface area contributed by atoms with Crippen LogP contribution in [0.4, 0.5) is 0 Å². The molecule has 8 heteroatoms. The molecule has 0 aliphatic carbocycles. The zero-order valence-corrected chi connectivity index (χ0v) is 14.7. The van der Waals surface area contributed by atoms with Gasteiger partial charge >= 0.3 is 5.97 Å². The number of carbonyl (C=O) groups excluding carboxylic acids is 1. The van der Waals surface area contributed by atoms with E-state index in [9.17, 15) is 4.79 Å². The second kappa shape index (κ2) is 9.24. The minimum absolute atomic E-state index is 0.0140. The lowest BCUT2D eigenvalue weighted by molar-refractivity contribution is -0.149. The van der Waals surface area contributed by atoms with Gasteiger partial charge in [0.1, 0.15) is 0 Å². The van der Waals surface area contributed by atoms with Gasteiger partial charge < -0.3 is 19.5 Å². The van der Waals surface area contributed by atoms with Crippen molar-refractivity contribution in [2.24, 2.45) is 10.9 Å². The van der Waals surface area contributed by atoms with Gasteiger partial charge in [0.25, 0.3) is 0 Å². The highest BCUT2D eigenvalue weighted by molar-refractivity contribution is 5.80. The van der Waals surface area contributed by atoms with E-state index in [1.54, 1.807) is 7.05 Å². The van der Waals surface area contributed by atoms with Crippen LogP contribution < -0.4 is 5.32 Å². The number of hydrogen-bond donors (Lipinski definition) is 1. The normalized spacial score (nSPS) is 16.3. The molecule has 1 aromatic heterocycles. The molecule has 0 spiro atoms. The van der Waals surface area contributed by atoms with Gasteiger partial charge in [-0.15, -0.1) is 0 Å². The number of aromatic nitrogens is 2. The number of guanidine groups is 1. The van der Waals surface area contributed by atoms with Gasteiger partial charge in [0.05, 0.1) is 12.5 Å². The van der Waals surface area contributed by atoms with Crippen LogP contribution in [0.25, 0.3) is 0 Å². The molecule has 0 saturated carbocycles. The minimum atomic E-state index is -0.0741. The third-order valence-electron chi connectivity index (χ3n) is 4.05. The van der Waals surface area contributed by atoms with Gasteiger partial charge in [-0.25, -0.2) is 0 Å². The van der Waals surface area contributed by atoms with E-state index in [1.807, 2.05) is 13.8 Å². The maximum atomic E-state index is 11.8. The van der Waals surface area contributed by atoms with Crippen molar-refractivity contribution in [3.8, 4) is 0 Å². The molecular weight excluding hydrogens is 310 g/mol. The van der Waals surface area contributed by atoms with Crippen molar-refractivity contribution in [2.45, 2.75) is 39.5 Å². The van der Waals surface area contributed by atoms with Crippen molar-refractivity contribution in [3.05, 3.63) is 11.7 Å². The number of hydrogen-bond acceptors (Lipinski definition) is 6. The molecule has 24 heavy (non-hydrogen) atoms. The molecule has 1 aromatic rings. The third kappa shape index (κ3) is 5.21. The fourth-order valence-corrected chi connectivity index (χ4v) is 2.80. The SMILES string of the molecule is CCOC(=O)C1CCN(C(=NC)NCCCc2nc(C)no2)CC1. The van der Waals surface area contributed by atoms with Crippen molar-refractivity contribution in [2.75, 3.05) is 33.3 Å². The Morgan fingerprint density at radius 2 is 2.21 bits per heavy atom. The van der Waals surface area contributed by atoms with E-state index in [0.717, 1.165) is 51.3 Å². The van der Waals surface area contributed by atoms with Crippen molar-refractivity contribution in [1.29, 1.82) is 0 Å². The highest BCUT2D eigenvalue weighted by Crippen LogP contribution is 2.18. The van der Waals surface area contributed by atoms with Gasteiger partial charge in [-0.3, -0.25) is 9.79 Å². The Kier molecular flexibility index (Phi) is 7.02. The van der Waals surface area contributed by atoms with E-state index in [4.69, 9.17) is 9.26 Å². The van der Waals surface area contributed by atoms with E-state index < -0.39 is 0 Å². The number of rotatable bonds is 6. The van der Waals surface area contributed by atoms with Crippen LogP contribution in [0.1, 0.15) is 37.9 Å². The van der Waals surface area contributed by atoms with Gasteiger partial charge in [-0.05, 0) is 33.1 Å². The van der Waals surface area contributed by atoms with Crippen LogP contribution in [-0.4, -0.2) is 60.3 Å².